The summed E-state index contributed by atoms with van der Waals surface area (Å²) in [6.45, 7) is 1.83. The first-order chi connectivity index (χ1) is 9.83. The van der Waals surface area contributed by atoms with Gasteiger partial charge in [-0.15, -0.1) is 0 Å². The van der Waals surface area contributed by atoms with E-state index in [1.807, 2.05) is 13.0 Å². The molecule has 1 fully saturated rings. The molecule has 1 aromatic rings. The Morgan fingerprint density at radius 2 is 2.10 bits per heavy atom. The van der Waals surface area contributed by atoms with Crippen LogP contribution in [0.15, 0.2) is 23.1 Å². The van der Waals surface area contributed by atoms with Crippen LogP contribution in [0.3, 0.4) is 0 Å². The van der Waals surface area contributed by atoms with Crippen molar-refractivity contribution in [2.45, 2.75) is 37.5 Å². The van der Waals surface area contributed by atoms with Crippen molar-refractivity contribution in [2.24, 2.45) is 5.41 Å². The summed E-state index contributed by atoms with van der Waals surface area (Å²) in [7, 11) is -3.59. The first-order valence-electron chi connectivity index (χ1n) is 6.79. The molecule has 0 aromatic heterocycles. The van der Waals surface area contributed by atoms with Gasteiger partial charge in [-0.05, 0) is 42.4 Å². The predicted octanol–water partition coefficient (Wildman–Crippen LogP) is 2.41. The Bertz CT molecular complexity index is 712. The minimum atomic E-state index is -3.59. The Kier molecular flexibility index (Phi) is 4.06. The summed E-state index contributed by atoms with van der Waals surface area (Å²) in [5.74, 6) is -1.23. The smallest absolute Gasteiger partial charge is 0.335 e. The topological polar surface area (TPSA) is 95.2 Å². The van der Waals surface area contributed by atoms with Crippen LogP contribution in [0.25, 0.3) is 0 Å². The molecule has 1 aromatic carbocycles. The van der Waals surface area contributed by atoms with Gasteiger partial charge in [-0.3, -0.25) is 0 Å². The maximum absolute atomic E-state index is 12.6. The van der Waals surface area contributed by atoms with E-state index in [-0.39, 0.29) is 22.6 Å². The van der Waals surface area contributed by atoms with Crippen molar-refractivity contribution < 1.29 is 18.3 Å². The minimum Gasteiger partial charge on any atom is -0.478 e. The van der Waals surface area contributed by atoms with Crippen molar-refractivity contribution in [3.8, 4) is 6.07 Å². The molecule has 0 spiro atoms. The van der Waals surface area contributed by atoms with Gasteiger partial charge < -0.3 is 5.11 Å². The first kappa shape index (κ1) is 15.5. The SMILES string of the molecule is CCc1ccc(C(=O)O)cc1S(=O)(=O)CC1(CC#N)CC1. The zero-order valence-electron chi connectivity index (χ0n) is 11.8. The molecule has 0 heterocycles. The van der Waals surface area contributed by atoms with Crippen molar-refractivity contribution in [2.75, 3.05) is 5.75 Å². The molecular weight excluding hydrogens is 290 g/mol. The fourth-order valence-corrected chi connectivity index (χ4v) is 4.74. The predicted molar refractivity (Wildman–Crippen MR) is 76.7 cm³/mol. The molecule has 0 saturated heterocycles. The number of aryl methyl sites for hydroxylation is 1. The molecule has 0 unspecified atom stereocenters. The van der Waals surface area contributed by atoms with E-state index in [4.69, 9.17) is 10.4 Å². The van der Waals surface area contributed by atoms with Crippen LogP contribution in [0.4, 0.5) is 0 Å². The Morgan fingerprint density at radius 3 is 2.57 bits per heavy atom. The van der Waals surface area contributed by atoms with Gasteiger partial charge in [0.1, 0.15) is 0 Å². The number of carboxylic acids is 1. The highest BCUT2D eigenvalue weighted by Gasteiger charge is 2.46. The number of nitriles is 1. The number of carboxylic acid groups (broad SMARTS) is 1. The highest BCUT2D eigenvalue weighted by atomic mass is 32.2. The van der Waals surface area contributed by atoms with Gasteiger partial charge in [-0.1, -0.05) is 13.0 Å². The van der Waals surface area contributed by atoms with Gasteiger partial charge >= 0.3 is 5.97 Å². The van der Waals surface area contributed by atoms with Gasteiger partial charge in [-0.2, -0.15) is 5.26 Å². The Hall–Kier alpha value is -1.87. The summed E-state index contributed by atoms with van der Waals surface area (Å²) in [5, 5.41) is 17.8. The van der Waals surface area contributed by atoms with Gasteiger partial charge in [0.25, 0.3) is 0 Å². The molecule has 0 aliphatic heterocycles. The fraction of sp³-hybridized carbons (Fsp3) is 0.467. The maximum Gasteiger partial charge on any atom is 0.335 e. The third-order valence-corrected chi connectivity index (χ3v) is 5.98. The van der Waals surface area contributed by atoms with E-state index in [0.29, 0.717) is 12.0 Å². The second-order valence-electron chi connectivity index (χ2n) is 5.58. The molecule has 1 aliphatic rings. The average Bonchev–Trinajstić information content (AvgIpc) is 3.16. The van der Waals surface area contributed by atoms with E-state index in [0.717, 1.165) is 12.8 Å². The van der Waals surface area contributed by atoms with Crippen LogP contribution in [0.2, 0.25) is 0 Å². The zero-order valence-corrected chi connectivity index (χ0v) is 12.6. The van der Waals surface area contributed by atoms with Gasteiger partial charge in [0, 0.05) is 6.42 Å². The molecule has 0 atom stereocenters. The van der Waals surface area contributed by atoms with Gasteiger partial charge in [-0.25, -0.2) is 13.2 Å². The average molecular weight is 307 g/mol. The van der Waals surface area contributed by atoms with Crippen LogP contribution in [0.5, 0.6) is 0 Å². The van der Waals surface area contributed by atoms with E-state index < -0.39 is 21.2 Å². The summed E-state index contributed by atoms with van der Waals surface area (Å²) in [4.78, 5) is 11.1. The molecule has 5 nitrogen and oxygen atoms in total. The van der Waals surface area contributed by atoms with Crippen LogP contribution in [-0.2, 0) is 16.3 Å². The molecule has 1 saturated carbocycles. The zero-order chi connectivity index (χ0) is 15.7. The second kappa shape index (κ2) is 5.49. The number of hydrogen-bond acceptors (Lipinski definition) is 4. The molecule has 0 bridgehead atoms. The molecule has 1 aliphatic carbocycles. The molecule has 21 heavy (non-hydrogen) atoms. The first-order valence-corrected chi connectivity index (χ1v) is 8.45. The fourth-order valence-electron chi connectivity index (χ4n) is 2.47. The molecule has 1 N–H and O–H groups in total. The molecule has 0 radical (unpaired) electrons. The maximum atomic E-state index is 12.6. The Balaban J connectivity index is 2.41. The van der Waals surface area contributed by atoms with Crippen LogP contribution >= 0.6 is 0 Å². The summed E-state index contributed by atoms with van der Waals surface area (Å²) in [6, 6.07) is 6.25. The Labute approximate surface area is 124 Å². The van der Waals surface area contributed by atoms with Crippen LogP contribution in [-0.4, -0.2) is 25.2 Å². The number of benzene rings is 1. The second-order valence-corrected chi connectivity index (χ2v) is 7.53. The number of sulfone groups is 1. The molecule has 6 heteroatoms. The van der Waals surface area contributed by atoms with E-state index in [1.165, 1.54) is 12.1 Å². The van der Waals surface area contributed by atoms with E-state index in [2.05, 4.69) is 0 Å². The number of hydrogen-bond donors (Lipinski definition) is 1. The van der Waals surface area contributed by atoms with Crippen molar-refractivity contribution in [3.05, 3.63) is 29.3 Å². The monoisotopic (exact) mass is 307 g/mol. The lowest BCUT2D eigenvalue weighted by atomic mass is 10.1. The largest absolute Gasteiger partial charge is 0.478 e. The number of rotatable bonds is 6. The quantitative estimate of drug-likeness (QED) is 0.870. The molecule has 0 amide bonds. The summed E-state index contributed by atoms with van der Waals surface area (Å²) < 4.78 is 25.2. The number of nitrogens with zero attached hydrogens (tertiary/aromatic N) is 1. The Morgan fingerprint density at radius 1 is 1.43 bits per heavy atom. The highest BCUT2D eigenvalue weighted by Crippen LogP contribution is 2.50. The van der Waals surface area contributed by atoms with Crippen molar-refractivity contribution >= 4 is 15.8 Å². The van der Waals surface area contributed by atoms with Gasteiger partial charge in [0.05, 0.1) is 22.3 Å². The van der Waals surface area contributed by atoms with Gasteiger partial charge in [0.2, 0.25) is 0 Å². The number of carbonyl (C=O) groups is 1. The van der Waals surface area contributed by atoms with Crippen molar-refractivity contribution in [1.82, 2.24) is 0 Å². The van der Waals surface area contributed by atoms with E-state index in [1.54, 1.807) is 6.07 Å². The van der Waals surface area contributed by atoms with Crippen molar-refractivity contribution in [1.29, 1.82) is 5.26 Å². The van der Waals surface area contributed by atoms with Crippen LogP contribution in [0.1, 0.15) is 42.1 Å². The van der Waals surface area contributed by atoms with Crippen molar-refractivity contribution in [3.63, 3.8) is 0 Å². The summed E-state index contributed by atoms with van der Waals surface area (Å²) >= 11 is 0. The third kappa shape index (κ3) is 3.24. The highest BCUT2D eigenvalue weighted by molar-refractivity contribution is 7.91. The molecule has 2 rings (SSSR count). The third-order valence-electron chi connectivity index (χ3n) is 3.94. The normalized spacial score (nSPS) is 16.2. The standard InChI is InChI=1S/C15H17NO4S/c1-2-11-3-4-12(14(17)18)9-13(11)21(19,20)10-15(5-6-15)7-8-16/h3-4,9H,2,5-7,10H2,1H3,(H,17,18). The minimum absolute atomic E-state index is 0.0316. The lowest BCUT2D eigenvalue weighted by Crippen LogP contribution is -2.19. The summed E-state index contributed by atoms with van der Waals surface area (Å²) in [6.07, 6.45) is 2.21. The van der Waals surface area contributed by atoms with E-state index >= 15 is 0 Å². The number of aromatic carboxylic acids is 1. The summed E-state index contributed by atoms with van der Waals surface area (Å²) in [5.41, 5.74) is 0.154. The lowest BCUT2D eigenvalue weighted by Gasteiger charge is -2.14. The van der Waals surface area contributed by atoms with Crippen LogP contribution < -0.4 is 0 Å². The van der Waals surface area contributed by atoms with Crippen LogP contribution in [0, 0.1) is 16.7 Å². The van der Waals surface area contributed by atoms with E-state index in [9.17, 15) is 13.2 Å². The molecular formula is C15H17NO4S. The lowest BCUT2D eigenvalue weighted by molar-refractivity contribution is 0.0696. The molecule has 112 valence electrons. The van der Waals surface area contributed by atoms with Gasteiger partial charge in [0.15, 0.2) is 9.84 Å².